The van der Waals surface area contributed by atoms with E-state index in [1.165, 1.54) is 77.0 Å². The van der Waals surface area contributed by atoms with E-state index in [1.807, 2.05) is 0 Å². The Balaban J connectivity index is 1.71. The molecule has 40 heavy (non-hydrogen) atoms. The van der Waals surface area contributed by atoms with Crippen molar-refractivity contribution in [1.82, 2.24) is 0 Å². The van der Waals surface area contributed by atoms with Crippen LogP contribution in [0.2, 0.25) is 10.0 Å². The number of rotatable bonds is 10. The minimum atomic E-state index is -0.644. The molecule has 3 aromatic carbocycles. The Bertz CT molecular complexity index is 1360. The van der Waals surface area contributed by atoms with Crippen molar-refractivity contribution in [2.75, 3.05) is 39.1 Å². The predicted octanol–water partition coefficient (Wildman–Crippen LogP) is 6.10. The van der Waals surface area contributed by atoms with Crippen LogP contribution >= 0.6 is 23.2 Å². The molecule has 2 amide bonds. The summed E-state index contributed by atoms with van der Waals surface area (Å²) in [6.45, 7) is 0. The van der Waals surface area contributed by atoms with Crippen molar-refractivity contribution in [3.05, 3.63) is 81.9 Å². The molecule has 0 saturated carbocycles. The maximum absolute atomic E-state index is 12.5. The van der Waals surface area contributed by atoms with Gasteiger partial charge in [0.15, 0.2) is 0 Å². The number of aliphatic hydroxyl groups is 2. The zero-order chi connectivity index (χ0) is 29.4. The van der Waals surface area contributed by atoms with Gasteiger partial charge in [0, 0.05) is 35.4 Å². The highest BCUT2D eigenvalue weighted by molar-refractivity contribution is 6.33. The van der Waals surface area contributed by atoms with Crippen molar-refractivity contribution in [1.29, 1.82) is 0 Å². The first-order valence-corrected chi connectivity index (χ1v) is 12.2. The van der Waals surface area contributed by atoms with E-state index in [-0.39, 0.29) is 44.1 Å². The van der Waals surface area contributed by atoms with E-state index in [2.05, 4.69) is 10.6 Å². The fraction of sp³-hybridized carbons (Fsp3) is 0.143. The van der Waals surface area contributed by atoms with Crippen molar-refractivity contribution < 1.29 is 38.7 Å². The van der Waals surface area contributed by atoms with E-state index in [9.17, 15) is 19.8 Å². The quantitative estimate of drug-likeness (QED) is 0.165. The number of hydrogen-bond donors (Lipinski definition) is 4. The highest BCUT2D eigenvalue weighted by Gasteiger charge is 2.14. The number of amides is 2. The topological polar surface area (TPSA) is 136 Å². The van der Waals surface area contributed by atoms with Crippen LogP contribution in [0.1, 0.15) is 11.1 Å². The van der Waals surface area contributed by atoms with Gasteiger partial charge < -0.3 is 39.8 Å². The summed E-state index contributed by atoms with van der Waals surface area (Å²) in [5.74, 6) is -0.605. The van der Waals surface area contributed by atoms with E-state index in [0.717, 1.165) is 12.2 Å². The van der Waals surface area contributed by atoms with Crippen LogP contribution in [0.4, 0.5) is 11.4 Å². The number of carbonyl (C=O) groups excluding carboxylic acids is 2. The summed E-state index contributed by atoms with van der Waals surface area (Å²) < 4.78 is 20.8. The zero-order valence-corrected chi connectivity index (χ0v) is 23.4. The molecular weight excluding hydrogens is 563 g/mol. The van der Waals surface area contributed by atoms with E-state index in [0.29, 0.717) is 23.0 Å². The molecule has 0 radical (unpaired) electrons. The number of carbonyl (C=O) groups is 2. The first kappa shape index (κ1) is 30.0. The van der Waals surface area contributed by atoms with Gasteiger partial charge in [-0.15, -0.1) is 0 Å². The predicted molar refractivity (Wildman–Crippen MR) is 154 cm³/mol. The summed E-state index contributed by atoms with van der Waals surface area (Å²) in [6, 6.07) is 11.8. The van der Waals surface area contributed by atoms with Gasteiger partial charge in [-0.25, -0.2) is 0 Å². The molecule has 0 heterocycles. The first-order chi connectivity index (χ1) is 19.1. The second-order valence-electron chi connectivity index (χ2n) is 7.99. The normalized spacial score (nSPS) is 11.4. The van der Waals surface area contributed by atoms with Gasteiger partial charge in [0.05, 0.1) is 49.9 Å². The lowest BCUT2D eigenvalue weighted by Crippen LogP contribution is -2.10. The van der Waals surface area contributed by atoms with Crippen LogP contribution in [-0.2, 0) is 9.59 Å². The van der Waals surface area contributed by atoms with E-state index < -0.39 is 11.8 Å². The summed E-state index contributed by atoms with van der Waals surface area (Å²) in [4.78, 5) is 25.0. The number of anilines is 2. The maximum atomic E-state index is 12.5. The van der Waals surface area contributed by atoms with Crippen molar-refractivity contribution in [2.45, 2.75) is 0 Å². The van der Waals surface area contributed by atoms with Crippen LogP contribution in [-0.4, -0.2) is 50.5 Å². The Morgan fingerprint density at radius 2 is 0.950 bits per heavy atom. The molecule has 3 rings (SSSR count). The molecular formula is C28H26Cl2N2O8. The lowest BCUT2D eigenvalue weighted by Gasteiger charge is -2.12. The van der Waals surface area contributed by atoms with Gasteiger partial charge in [-0.2, -0.15) is 0 Å². The molecule has 4 N–H and O–H groups in total. The van der Waals surface area contributed by atoms with E-state index in [4.69, 9.17) is 42.1 Å². The van der Waals surface area contributed by atoms with Gasteiger partial charge in [-0.3, -0.25) is 9.59 Å². The number of nitrogens with one attached hydrogen (secondary N) is 2. The molecule has 0 aliphatic carbocycles. The average Bonchev–Trinajstić information content (AvgIpc) is 2.93. The number of halogens is 2. The minimum absolute atomic E-state index is 0.260. The fourth-order valence-corrected chi connectivity index (χ4v) is 3.96. The minimum Gasteiger partial charge on any atom is -0.507 e. The molecule has 0 aliphatic heterocycles. The molecule has 12 heteroatoms. The second kappa shape index (κ2) is 13.5. The van der Waals surface area contributed by atoms with Crippen LogP contribution < -0.4 is 29.6 Å². The van der Waals surface area contributed by atoms with Crippen molar-refractivity contribution in [2.24, 2.45) is 0 Å². The van der Waals surface area contributed by atoms with Crippen molar-refractivity contribution >= 4 is 57.9 Å². The van der Waals surface area contributed by atoms with Gasteiger partial charge in [-0.1, -0.05) is 47.5 Å². The van der Waals surface area contributed by atoms with E-state index in [1.54, 1.807) is 0 Å². The Morgan fingerprint density at radius 3 is 1.25 bits per heavy atom. The smallest absolute Gasteiger partial charge is 0.252 e. The molecule has 0 saturated heterocycles. The standard InChI is InChI=1S/C28H26Cl2N2O8/c1-37-23-13-25(39-3)19(9-17(23)29)31-27(35)11-21(33)15-5-7-16(8-6-15)22(34)12-28(36)32-20-10-18(30)24(38-2)14-26(20)40-4/h5-14,33-34H,1-4H3,(H,31,35)(H,32,36)/b21-11-,22-12-. The Hall–Kier alpha value is -4.54. The highest BCUT2D eigenvalue weighted by atomic mass is 35.5. The molecule has 10 nitrogen and oxygen atoms in total. The van der Waals surface area contributed by atoms with E-state index >= 15 is 0 Å². The zero-order valence-electron chi connectivity index (χ0n) is 21.9. The average molecular weight is 589 g/mol. The first-order valence-electron chi connectivity index (χ1n) is 11.5. The molecule has 0 atom stereocenters. The van der Waals surface area contributed by atoms with Gasteiger partial charge >= 0.3 is 0 Å². The molecule has 0 aromatic heterocycles. The van der Waals surface area contributed by atoms with Crippen molar-refractivity contribution in [3.8, 4) is 23.0 Å². The summed E-state index contributed by atoms with van der Waals surface area (Å²) in [6.07, 6.45) is 1.95. The van der Waals surface area contributed by atoms with Gasteiger partial charge in [-0.05, 0) is 12.1 Å². The number of benzene rings is 3. The molecule has 3 aromatic rings. The number of methoxy groups -OCH3 is 4. The molecule has 0 aliphatic rings. The van der Waals surface area contributed by atoms with Gasteiger partial charge in [0.25, 0.3) is 11.8 Å². The summed E-state index contributed by atoms with van der Waals surface area (Å²) in [5.41, 5.74) is 1.13. The molecule has 0 unspecified atom stereocenters. The SMILES string of the molecule is COc1cc(OC)c(NC(=O)/C=C(\O)c2ccc(/C(O)=C/C(=O)Nc3cc(Cl)c(OC)cc3OC)cc2)cc1Cl. The van der Waals surface area contributed by atoms with Gasteiger partial charge in [0.2, 0.25) is 0 Å². The fourth-order valence-electron chi connectivity index (χ4n) is 3.48. The number of aliphatic hydroxyl groups excluding tert-OH is 2. The van der Waals surface area contributed by atoms with Crippen LogP contribution in [0.3, 0.4) is 0 Å². The summed E-state index contributed by atoms with van der Waals surface area (Å²) in [5, 5.41) is 26.6. The summed E-state index contributed by atoms with van der Waals surface area (Å²) in [7, 11) is 5.75. The lowest BCUT2D eigenvalue weighted by molar-refractivity contribution is -0.112. The van der Waals surface area contributed by atoms with Crippen molar-refractivity contribution in [3.63, 3.8) is 0 Å². The van der Waals surface area contributed by atoms with Crippen LogP contribution in [0.15, 0.2) is 60.7 Å². The monoisotopic (exact) mass is 588 g/mol. The van der Waals surface area contributed by atoms with Crippen LogP contribution in [0, 0.1) is 0 Å². The maximum Gasteiger partial charge on any atom is 0.252 e. The lowest BCUT2D eigenvalue weighted by atomic mass is 10.1. The second-order valence-corrected chi connectivity index (χ2v) is 8.80. The van der Waals surface area contributed by atoms with Crippen LogP contribution in [0.5, 0.6) is 23.0 Å². The third-order valence-electron chi connectivity index (χ3n) is 5.48. The molecule has 0 fully saturated rings. The Kier molecular flexibility index (Phi) is 10.1. The molecule has 0 spiro atoms. The molecule has 210 valence electrons. The van der Waals surface area contributed by atoms with Crippen LogP contribution in [0.25, 0.3) is 11.5 Å². The third kappa shape index (κ3) is 7.31. The molecule has 0 bridgehead atoms. The Labute approximate surface area is 240 Å². The number of ether oxygens (including phenoxy) is 4. The summed E-state index contributed by atoms with van der Waals surface area (Å²) >= 11 is 12.2. The largest absolute Gasteiger partial charge is 0.507 e. The van der Waals surface area contributed by atoms with Gasteiger partial charge in [0.1, 0.15) is 34.5 Å². The highest BCUT2D eigenvalue weighted by Crippen LogP contribution is 2.37. The third-order valence-corrected chi connectivity index (χ3v) is 6.07. The number of hydrogen-bond acceptors (Lipinski definition) is 8. The Morgan fingerprint density at radius 1 is 0.625 bits per heavy atom.